The third kappa shape index (κ3) is 3.94. The molecule has 3 fully saturated rings. The largest absolute Gasteiger partial charge is 0.381 e. The SMILES string of the molecule is O=C1N(CC2CCOCC2)CCCC12CCN(Cc1ccncc1)CC2. The van der Waals surface area contributed by atoms with E-state index in [9.17, 15) is 4.79 Å². The lowest BCUT2D eigenvalue weighted by Crippen LogP contribution is -2.54. The minimum Gasteiger partial charge on any atom is -0.381 e. The number of carbonyl (C=O) groups excluding carboxylic acids is 1. The van der Waals surface area contributed by atoms with Gasteiger partial charge >= 0.3 is 0 Å². The van der Waals surface area contributed by atoms with Crippen molar-refractivity contribution in [2.75, 3.05) is 39.4 Å². The van der Waals surface area contributed by atoms with Crippen molar-refractivity contribution in [3.05, 3.63) is 30.1 Å². The summed E-state index contributed by atoms with van der Waals surface area (Å²) in [6.07, 6.45) is 10.2. The Bertz CT molecular complexity index is 593. The minimum atomic E-state index is -0.0852. The van der Waals surface area contributed by atoms with Crippen molar-refractivity contribution in [1.29, 1.82) is 0 Å². The summed E-state index contributed by atoms with van der Waals surface area (Å²) in [6, 6.07) is 4.18. The van der Waals surface area contributed by atoms with Gasteiger partial charge in [0.15, 0.2) is 0 Å². The Kier molecular flexibility index (Phi) is 5.55. The Morgan fingerprint density at radius 2 is 1.81 bits per heavy atom. The van der Waals surface area contributed by atoms with Gasteiger partial charge in [-0.25, -0.2) is 0 Å². The Morgan fingerprint density at radius 1 is 1.08 bits per heavy atom. The number of rotatable bonds is 4. The fourth-order valence-electron chi connectivity index (χ4n) is 4.92. The molecule has 142 valence electrons. The molecule has 0 unspecified atom stereocenters. The molecule has 0 aliphatic carbocycles. The first kappa shape index (κ1) is 17.9. The molecular weight excluding hydrogens is 326 g/mol. The van der Waals surface area contributed by atoms with E-state index in [1.165, 1.54) is 12.0 Å². The zero-order valence-corrected chi connectivity index (χ0v) is 15.7. The van der Waals surface area contributed by atoms with E-state index in [1.54, 1.807) is 0 Å². The van der Waals surface area contributed by atoms with Gasteiger partial charge < -0.3 is 9.64 Å². The summed E-state index contributed by atoms with van der Waals surface area (Å²) in [4.78, 5) is 22.1. The van der Waals surface area contributed by atoms with E-state index >= 15 is 0 Å². The zero-order valence-electron chi connectivity index (χ0n) is 15.7. The molecule has 5 nitrogen and oxygen atoms in total. The Labute approximate surface area is 156 Å². The maximum absolute atomic E-state index is 13.3. The standard InChI is InChI=1S/C21H31N3O2/c25-20-21(6-1-11-24(20)17-19-4-14-26-15-5-19)7-12-23(13-8-21)16-18-2-9-22-10-3-18/h2-3,9-10,19H,1,4-8,11-17H2. The molecular formula is C21H31N3O2. The lowest BCUT2D eigenvalue weighted by atomic mass is 9.71. The van der Waals surface area contributed by atoms with E-state index in [1.807, 2.05) is 12.4 Å². The molecule has 4 heterocycles. The van der Waals surface area contributed by atoms with Crippen LogP contribution in [0.2, 0.25) is 0 Å². The van der Waals surface area contributed by atoms with Gasteiger partial charge in [-0.3, -0.25) is 14.7 Å². The van der Waals surface area contributed by atoms with Crippen molar-refractivity contribution in [2.24, 2.45) is 11.3 Å². The summed E-state index contributed by atoms with van der Waals surface area (Å²) in [5.74, 6) is 1.08. The predicted molar refractivity (Wildman–Crippen MR) is 101 cm³/mol. The van der Waals surface area contributed by atoms with Gasteiger partial charge in [0.05, 0.1) is 5.41 Å². The smallest absolute Gasteiger partial charge is 0.228 e. The van der Waals surface area contributed by atoms with E-state index in [0.29, 0.717) is 11.8 Å². The number of carbonyl (C=O) groups is 1. The van der Waals surface area contributed by atoms with Crippen LogP contribution < -0.4 is 0 Å². The van der Waals surface area contributed by atoms with Crippen LogP contribution in [-0.4, -0.2) is 60.1 Å². The van der Waals surface area contributed by atoms with Crippen molar-refractivity contribution in [1.82, 2.24) is 14.8 Å². The van der Waals surface area contributed by atoms with Gasteiger partial charge in [0, 0.05) is 45.2 Å². The third-order valence-electron chi connectivity index (χ3n) is 6.61. The van der Waals surface area contributed by atoms with Crippen molar-refractivity contribution >= 4 is 5.91 Å². The van der Waals surface area contributed by atoms with Gasteiger partial charge in [0.1, 0.15) is 0 Å². The van der Waals surface area contributed by atoms with Crippen LogP contribution in [0.3, 0.4) is 0 Å². The predicted octanol–water partition coefficient (Wildman–Crippen LogP) is 2.71. The van der Waals surface area contributed by atoms with Crippen molar-refractivity contribution in [2.45, 2.75) is 45.1 Å². The average molecular weight is 357 g/mol. The normalized spacial score (nSPS) is 24.9. The van der Waals surface area contributed by atoms with Gasteiger partial charge in [-0.05, 0) is 75.2 Å². The van der Waals surface area contributed by atoms with Gasteiger partial charge in [-0.1, -0.05) is 0 Å². The van der Waals surface area contributed by atoms with Gasteiger partial charge in [-0.2, -0.15) is 0 Å². The summed E-state index contributed by atoms with van der Waals surface area (Å²) in [7, 11) is 0. The molecule has 5 heteroatoms. The van der Waals surface area contributed by atoms with E-state index < -0.39 is 0 Å². The van der Waals surface area contributed by atoms with Crippen molar-refractivity contribution in [3.8, 4) is 0 Å². The number of amides is 1. The van der Waals surface area contributed by atoms with E-state index in [-0.39, 0.29) is 5.41 Å². The van der Waals surface area contributed by atoms with Crippen LogP contribution in [0, 0.1) is 11.3 Å². The first-order valence-corrected chi connectivity index (χ1v) is 10.2. The van der Waals surface area contributed by atoms with E-state index in [0.717, 1.165) is 78.0 Å². The van der Waals surface area contributed by atoms with Gasteiger partial charge in [0.2, 0.25) is 5.91 Å². The average Bonchev–Trinajstić information content (AvgIpc) is 2.69. The number of piperidine rings is 2. The van der Waals surface area contributed by atoms with Crippen LogP contribution in [0.25, 0.3) is 0 Å². The second kappa shape index (κ2) is 8.05. The molecule has 0 bridgehead atoms. The maximum Gasteiger partial charge on any atom is 0.228 e. The number of hydrogen-bond acceptors (Lipinski definition) is 4. The topological polar surface area (TPSA) is 45.7 Å². The van der Waals surface area contributed by atoms with Crippen LogP contribution in [0.1, 0.15) is 44.1 Å². The van der Waals surface area contributed by atoms with Crippen molar-refractivity contribution < 1.29 is 9.53 Å². The highest BCUT2D eigenvalue weighted by molar-refractivity contribution is 5.83. The second-order valence-corrected chi connectivity index (χ2v) is 8.32. The highest BCUT2D eigenvalue weighted by atomic mass is 16.5. The summed E-state index contributed by atoms with van der Waals surface area (Å²) >= 11 is 0. The molecule has 0 radical (unpaired) electrons. The quantitative estimate of drug-likeness (QED) is 0.831. The third-order valence-corrected chi connectivity index (χ3v) is 6.61. The number of pyridine rings is 1. The molecule has 3 aliphatic rings. The molecule has 0 atom stereocenters. The molecule has 1 aromatic rings. The first-order valence-electron chi connectivity index (χ1n) is 10.2. The number of likely N-dealkylation sites (tertiary alicyclic amines) is 2. The molecule has 1 aromatic heterocycles. The molecule has 3 aliphatic heterocycles. The van der Waals surface area contributed by atoms with Crippen LogP contribution in [0.15, 0.2) is 24.5 Å². The fraction of sp³-hybridized carbons (Fsp3) is 0.714. The van der Waals surface area contributed by atoms with Crippen LogP contribution in [0.5, 0.6) is 0 Å². The highest BCUT2D eigenvalue weighted by Crippen LogP contribution is 2.41. The van der Waals surface area contributed by atoms with Crippen LogP contribution in [-0.2, 0) is 16.1 Å². The van der Waals surface area contributed by atoms with Crippen molar-refractivity contribution in [3.63, 3.8) is 0 Å². The maximum atomic E-state index is 13.3. The molecule has 0 saturated carbocycles. The minimum absolute atomic E-state index is 0.0852. The monoisotopic (exact) mass is 357 g/mol. The highest BCUT2D eigenvalue weighted by Gasteiger charge is 2.45. The summed E-state index contributed by atoms with van der Waals surface area (Å²) in [5.41, 5.74) is 1.23. The van der Waals surface area contributed by atoms with Gasteiger partial charge in [-0.15, -0.1) is 0 Å². The molecule has 0 N–H and O–H groups in total. The van der Waals surface area contributed by atoms with Crippen LogP contribution >= 0.6 is 0 Å². The number of ether oxygens (including phenoxy) is 1. The molecule has 26 heavy (non-hydrogen) atoms. The van der Waals surface area contributed by atoms with E-state index in [4.69, 9.17) is 4.74 Å². The molecule has 1 amide bonds. The number of nitrogens with zero attached hydrogens (tertiary/aromatic N) is 3. The molecule has 0 aromatic carbocycles. The lowest BCUT2D eigenvalue weighted by molar-refractivity contribution is -0.151. The first-order chi connectivity index (χ1) is 12.8. The number of aromatic nitrogens is 1. The summed E-state index contributed by atoms with van der Waals surface area (Å²) in [5, 5.41) is 0. The van der Waals surface area contributed by atoms with Crippen LogP contribution in [0.4, 0.5) is 0 Å². The summed E-state index contributed by atoms with van der Waals surface area (Å²) < 4.78 is 5.47. The summed E-state index contributed by atoms with van der Waals surface area (Å²) in [6.45, 7) is 6.66. The Balaban J connectivity index is 1.34. The second-order valence-electron chi connectivity index (χ2n) is 8.32. The molecule has 3 saturated heterocycles. The van der Waals surface area contributed by atoms with Gasteiger partial charge in [0.25, 0.3) is 0 Å². The number of hydrogen-bond donors (Lipinski definition) is 0. The zero-order chi connectivity index (χ0) is 17.8. The van der Waals surface area contributed by atoms with E-state index in [2.05, 4.69) is 26.9 Å². The molecule has 1 spiro atoms. The Morgan fingerprint density at radius 3 is 2.54 bits per heavy atom. The molecule has 4 rings (SSSR count). The lowest BCUT2D eigenvalue weighted by Gasteiger charge is -2.47. The Hall–Kier alpha value is -1.46. The fourth-order valence-corrected chi connectivity index (χ4v) is 4.92.